The number of benzene rings is 2. The molecule has 3 heteroatoms. The van der Waals surface area contributed by atoms with E-state index in [4.69, 9.17) is 11.5 Å². The second-order valence-electron chi connectivity index (χ2n) is 3.56. The summed E-state index contributed by atoms with van der Waals surface area (Å²) in [5.41, 5.74) is 15.2. The summed E-state index contributed by atoms with van der Waals surface area (Å²) in [5, 5.41) is 0. The molecule has 17 heavy (non-hydrogen) atoms. The first-order valence-corrected chi connectivity index (χ1v) is 5.15. The number of hydrogen-bond acceptors (Lipinski definition) is 2. The fraction of sp³-hybridized carbons (Fsp3) is 0. The van der Waals surface area contributed by atoms with Crippen molar-refractivity contribution in [3.05, 3.63) is 71.8 Å². The molecule has 0 atom stereocenters. The molecule has 0 radical (unpaired) electrons. The summed E-state index contributed by atoms with van der Waals surface area (Å²) in [6.45, 7) is 0. The van der Waals surface area contributed by atoms with E-state index in [0.717, 1.165) is 11.1 Å². The molecule has 2 rings (SSSR count). The quantitative estimate of drug-likeness (QED) is 0.755. The van der Waals surface area contributed by atoms with E-state index in [1.165, 1.54) is 0 Å². The average molecular weight is 405 g/mol. The molecule has 0 amide bonds. The van der Waals surface area contributed by atoms with Crippen molar-refractivity contribution in [2.45, 2.75) is 0 Å². The van der Waals surface area contributed by atoms with E-state index >= 15 is 0 Å². The summed E-state index contributed by atoms with van der Waals surface area (Å²) in [7, 11) is 0. The van der Waals surface area contributed by atoms with Gasteiger partial charge in [0, 0.05) is 21.1 Å². The van der Waals surface area contributed by atoms with Crippen molar-refractivity contribution in [2.75, 3.05) is 0 Å². The van der Waals surface area contributed by atoms with Crippen LogP contribution in [-0.2, 0) is 21.1 Å². The minimum absolute atomic E-state index is 0. The van der Waals surface area contributed by atoms with Gasteiger partial charge in [0.15, 0.2) is 0 Å². The molecule has 2 aromatic carbocycles. The molecular weight excluding hydrogens is 391 g/mol. The van der Waals surface area contributed by atoms with Gasteiger partial charge in [-0.05, 0) is 11.1 Å². The van der Waals surface area contributed by atoms with Gasteiger partial charge < -0.3 is 11.5 Å². The molecule has 0 spiro atoms. The van der Waals surface area contributed by atoms with Crippen molar-refractivity contribution in [1.82, 2.24) is 0 Å². The van der Waals surface area contributed by atoms with Crippen LogP contribution in [0.1, 0.15) is 11.1 Å². The summed E-state index contributed by atoms with van der Waals surface area (Å²) in [6, 6.07) is 19.5. The molecule has 0 heterocycles. The van der Waals surface area contributed by atoms with Crippen LogP contribution in [0.25, 0.3) is 11.4 Å². The summed E-state index contributed by atoms with van der Waals surface area (Å²) >= 11 is 0. The van der Waals surface area contributed by atoms with Crippen LogP contribution in [0.15, 0.2) is 60.7 Å². The average Bonchev–Trinajstić information content (AvgIpc) is 2.39. The van der Waals surface area contributed by atoms with Gasteiger partial charge >= 0.3 is 0 Å². The van der Waals surface area contributed by atoms with Gasteiger partial charge in [0.05, 0.1) is 11.4 Å². The summed E-state index contributed by atoms with van der Waals surface area (Å²) in [5.74, 6) is 0. The molecule has 0 aliphatic rings. The first-order valence-electron chi connectivity index (χ1n) is 5.15. The Hall–Kier alpha value is -1.53. The Balaban J connectivity index is 0.00000144. The van der Waals surface area contributed by atoms with E-state index in [9.17, 15) is 0 Å². The SMILES string of the molecule is NC(=C(N)c1ccccc1)c1ccccc1.[Pt]. The minimum atomic E-state index is 0. The summed E-state index contributed by atoms with van der Waals surface area (Å²) in [4.78, 5) is 0. The van der Waals surface area contributed by atoms with Crippen LogP contribution < -0.4 is 11.5 Å². The van der Waals surface area contributed by atoms with Gasteiger partial charge in [0.25, 0.3) is 0 Å². The van der Waals surface area contributed by atoms with Crippen LogP contribution in [0.5, 0.6) is 0 Å². The van der Waals surface area contributed by atoms with Crippen LogP contribution in [-0.4, -0.2) is 0 Å². The molecule has 2 aromatic rings. The third kappa shape index (κ3) is 3.21. The third-order valence-electron chi connectivity index (χ3n) is 2.46. The van der Waals surface area contributed by atoms with Crippen molar-refractivity contribution in [3.63, 3.8) is 0 Å². The molecule has 0 aliphatic carbocycles. The van der Waals surface area contributed by atoms with E-state index in [0.29, 0.717) is 11.4 Å². The standard InChI is InChI=1S/C14H14N2.Pt/c15-13(11-7-3-1-4-8-11)14(16)12-9-5-2-6-10-12;/h1-10H,15-16H2;. The van der Waals surface area contributed by atoms with Gasteiger partial charge in [0.1, 0.15) is 0 Å². The molecule has 0 unspecified atom stereocenters. The van der Waals surface area contributed by atoms with E-state index < -0.39 is 0 Å². The zero-order valence-corrected chi connectivity index (χ0v) is 11.5. The maximum absolute atomic E-state index is 6.03. The molecule has 2 nitrogen and oxygen atoms in total. The van der Waals surface area contributed by atoms with Gasteiger partial charge in [-0.1, -0.05) is 60.7 Å². The minimum Gasteiger partial charge on any atom is -0.397 e. The fourth-order valence-electron chi connectivity index (χ4n) is 1.55. The zero-order chi connectivity index (χ0) is 11.4. The first kappa shape index (κ1) is 13.5. The number of nitrogens with two attached hydrogens (primary N) is 2. The van der Waals surface area contributed by atoms with Gasteiger partial charge in [-0.2, -0.15) is 0 Å². The van der Waals surface area contributed by atoms with Gasteiger partial charge in [-0.3, -0.25) is 0 Å². The molecule has 0 fully saturated rings. The van der Waals surface area contributed by atoms with Gasteiger partial charge in [0.2, 0.25) is 0 Å². The smallest absolute Gasteiger partial charge is 0.0627 e. The topological polar surface area (TPSA) is 52.0 Å². The fourth-order valence-corrected chi connectivity index (χ4v) is 1.55. The largest absolute Gasteiger partial charge is 0.397 e. The Labute approximate surface area is 116 Å². The molecule has 0 bridgehead atoms. The van der Waals surface area contributed by atoms with Crippen molar-refractivity contribution < 1.29 is 21.1 Å². The van der Waals surface area contributed by atoms with Crippen molar-refractivity contribution in [1.29, 1.82) is 0 Å². The van der Waals surface area contributed by atoms with Gasteiger partial charge in [-0.25, -0.2) is 0 Å². The van der Waals surface area contributed by atoms with Crippen LogP contribution >= 0.6 is 0 Å². The second-order valence-corrected chi connectivity index (χ2v) is 3.56. The van der Waals surface area contributed by atoms with E-state index in [1.807, 2.05) is 60.7 Å². The van der Waals surface area contributed by atoms with E-state index in [1.54, 1.807) is 0 Å². The van der Waals surface area contributed by atoms with Gasteiger partial charge in [-0.15, -0.1) is 0 Å². The first-order chi connectivity index (χ1) is 7.79. The molecule has 0 aliphatic heterocycles. The van der Waals surface area contributed by atoms with E-state index in [-0.39, 0.29) is 21.1 Å². The summed E-state index contributed by atoms with van der Waals surface area (Å²) < 4.78 is 0. The van der Waals surface area contributed by atoms with Crippen LogP contribution in [0.3, 0.4) is 0 Å². The van der Waals surface area contributed by atoms with Crippen molar-refractivity contribution in [2.24, 2.45) is 11.5 Å². The molecule has 0 saturated carbocycles. The number of rotatable bonds is 2. The Morgan fingerprint density at radius 2 is 0.882 bits per heavy atom. The normalized spacial score (nSPS) is 11.3. The molecule has 4 N–H and O–H groups in total. The molecular formula is C14H14N2Pt. The predicted octanol–water partition coefficient (Wildman–Crippen LogP) is 2.43. The van der Waals surface area contributed by atoms with Crippen LogP contribution in [0, 0.1) is 0 Å². The van der Waals surface area contributed by atoms with Crippen LogP contribution in [0.4, 0.5) is 0 Å². The Morgan fingerprint density at radius 1 is 0.588 bits per heavy atom. The Morgan fingerprint density at radius 3 is 1.18 bits per heavy atom. The Bertz CT molecular complexity index is 445. The summed E-state index contributed by atoms with van der Waals surface area (Å²) in [6.07, 6.45) is 0. The predicted molar refractivity (Wildman–Crippen MR) is 68.1 cm³/mol. The van der Waals surface area contributed by atoms with Crippen molar-refractivity contribution in [3.8, 4) is 0 Å². The zero-order valence-electron chi connectivity index (χ0n) is 9.24. The maximum Gasteiger partial charge on any atom is 0.0627 e. The van der Waals surface area contributed by atoms with E-state index in [2.05, 4.69) is 0 Å². The second kappa shape index (κ2) is 6.26. The van der Waals surface area contributed by atoms with Crippen LogP contribution in [0.2, 0.25) is 0 Å². The number of hydrogen-bond donors (Lipinski definition) is 2. The third-order valence-corrected chi connectivity index (χ3v) is 2.46. The molecule has 0 aromatic heterocycles. The van der Waals surface area contributed by atoms with Crippen molar-refractivity contribution >= 4 is 11.4 Å². The Kier molecular flexibility index (Phi) is 4.99. The molecule has 0 saturated heterocycles. The molecule has 90 valence electrons. The maximum atomic E-state index is 6.03. The monoisotopic (exact) mass is 405 g/mol.